The highest BCUT2D eigenvalue weighted by Crippen LogP contribution is 2.32. The highest BCUT2D eigenvalue weighted by molar-refractivity contribution is 7.09. The van der Waals surface area contributed by atoms with Gasteiger partial charge in [-0.25, -0.2) is 4.98 Å². The maximum absolute atomic E-state index is 4.91. The molecule has 0 spiro atoms. The lowest BCUT2D eigenvalue weighted by Crippen LogP contribution is -2.32. The van der Waals surface area contributed by atoms with E-state index < -0.39 is 0 Å². The van der Waals surface area contributed by atoms with Crippen molar-refractivity contribution in [2.45, 2.75) is 44.7 Å². The minimum absolute atomic E-state index is 0.288. The minimum atomic E-state index is 0.288. The summed E-state index contributed by atoms with van der Waals surface area (Å²) < 4.78 is 0. The molecule has 2 atom stereocenters. The number of thiazole rings is 1. The number of piperidine rings is 1. The van der Waals surface area contributed by atoms with E-state index in [1.807, 2.05) is 23.8 Å². The van der Waals surface area contributed by atoms with Crippen LogP contribution in [0.5, 0.6) is 0 Å². The molecule has 0 aromatic carbocycles. The van der Waals surface area contributed by atoms with Crippen molar-refractivity contribution in [3.05, 3.63) is 75.8 Å². The summed E-state index contributed by atoms with van der Waals surface area (Å²) in [6.07, 6.45) is 7.99. The number of aryl methyl sites for hydroxylation is 1. The first-order valence-corrected chi connectivity index (χ1v) is 9.69. The molecule has 25 heavy (non-hydrogen) atoms. The number of aromatic nitrogens is 3. The van der Waals surface area contributed by atoms with Gasteiger partial charge in [0.1, 0.15) is 0 Å². The van der Waals surface area contributed by atoms with Gasteiger partial charge in [-0.2, -0.15) is 0 Å². The standard InChI is InChI=1S/C20H22N4S/c1-14-5-4-10-22-20(14)18-9-3-8-17(24-18)16-7-2-6-15(23-16)13-19-21-11-12-25-19/h2,4-7,10-12,17-18,24H,3,8-9,13H2,1H3/t17-,18+/m1/s1. The molecule has 4 heterocycles. The van der Waals surface area contributed by atoms with E-state index in [-0.39, 0.29) is 6.04 Å². The van der Waals surface area contributed by atoms with Crippen LogP contribution in [0.4, 0.5) is 0 Å². The molecule has 128 valence electrons. The van der Waals surface area contributed by atoms with Crippen molar-refractivity contribution in [1.29, 1.82) is 0 Å². The van der Waals surface area contributed by atoms with E-state index in [1.165, 1.54) is 17.7 Å². The van der Waals surface area contributed by atoms with E-state index in [0.717, 1.165) is 35.7 Å². The second-order valence-corrected chi connectivity index (χ2v) is 7.54. The minimum Gasteiger partial charge on any atom is -0.300 e. The van der Waals surface area contributed by atoms with Gasteiger partial charge in [0, 0.05) is 35.9 Å². The van der Waals surface area contributed by atoms with Crippen LogP contribution in [0.25, 0.3) is 0 Å². The summed E-state index contributed by atoms with van der Waals surface area (Å²) >= 11 is 1.68. The zero-order valence-corrected chi connectivity index (χ0v) is 15.2. The Labute approximate surface area is 152 Å². The summed E-state index contributed by atoms with van der Waals surface area (Å²) in [6, 6.07) is 11.1. The van der Waals surface area contributed by atoms with Crippen LogP contribution in [-0.4, -0.2) is 15.0 Å². The molecule has 1 fully saturated rings. The molecule has 1 aliphatic rings. The summed E-state index contributed by atoms with van der Waals surface area (Å²) in [5.41, 5.74) is 4.65. The SMILES string of the molecule is Cc1cccnc1[C@@H]1CCC[C@H](c2cccc(Cc3nccs3)n2)N1. The Hall–Kier alpha value is -2.11. The molecule has 0 saturated carbocycles. The van der Waals surface area contributed by atoms with Gasteiger partial charge in [0.2, 0.25) is 0 Å². The lowest BCUT2D eigenvalue weighted by molar-refractivity contribution is 0.320. The summed E-state index contributed by atoms with van der Waals surface area (Å²) in [5.74, 6) is 0. The van der Waals surface area contributed by atoms with Crippen molar-refractivity contribution in [2.24, 2.45) is 0 Å². The van der Waals surface area contributed by atoms with E-state index in [2.05, 4.69) is 46.5 Å². The van der Waals surface area contributed by atoms with Crippen molar-refractivity contribution < 1.29 is 0 Å². The molecule has 4 rings (SSSR count). The number of hydrogen-bond acceptors (Lipinski definition) is 5. The molecule has 1 aliphatic heterocycles. The van der Waals surface area contributed by atoms with Gasteiger partial charge in [-0.3, -0.25) is 9.97 Å². The van der Waals surface area contributed by atoms with Gasteiger partial charge >= 0.3 is 0 Å². The fourth-order valence-electron chi connectivity index (χ4n) is 3.53. The topological polar surface area (TPSA) is 50.7 Å². The molecule has 5 heteroatoms. The molecule has 1 N–H and O–H groups in total. The zero-order valence-electron chi connectivity index (χ0n) is 14.4. The van der Waals surface area contributed by atoms with Gasteiger partial charge < -0.3 is 5.32 Å². The summed E-state index contributed by atoms with van der Waals surface area (Å²) in [4.78, 5) is 13.9. The van der Waals surface area contributed by atoms with Crippen LogP contribution in [0, 0.1) is 6.92 Å². The van der Waals surface area contributed by atoms with Gasteiger partial charge in [0.25, 0.3) is 0 Å². The normalized spacial score (nSPS) is 20.5. The number of nitrogens with zero attached hydrogens (tertiary/aromatic N) is 3. The summed E-state index contributed by atoms with van der Waals surface area (Å²) in [6.45, 7) is 2.14. The van der Waals surface area contributed by atoms with Crippen LogP contribution < -0.4 is 5.32 Å². The molecule has 0 aliphatic carbocycles. The van der Waals surface area contributed by atoms with E-state index in [4.69, 9.17) is 4.98 Å². The maximum atomic E-state index is 4.91. The van der Waals surface area contributed by atoms with Crippen molar-refractivity contribution in [1.82, 2.24) is 20.3 Å². The Kier molecular flexibility index (Phi) is 4.85. The third-order valence-corrected chi connectivity index (χ3v) is 5.55. The van der Waals surface area contributed by atoms with Gasteiger partial charge in [-0.15, -0.1) is 11.3 Å². The molecule has 1 saturated heterocycles. The highest BCUT2D eigenvalue weighted by atomic mass is 32.1. The van der Waals surface area contributed by atoms with Crippen LogP contribution >= 0.6 is 11.3 Å². The van der Waals surface area contributed by atoms with Crippen molar-refractivity contribution in [2.75, 3.05) is 0 Å². The molecule has 4 nitrogen and oxygen atoms in total. The zero-order chi connectivity index (χ0) is 17.1. The second-order valence-electron chi connectivity index (χ2n) is 6.56. The fourth-order valence-corrected chi connectivity index (χ4v) is 4.16. The molecule has 0 unspecified atom stereocenters. The first kappa shape index (κ1) is 16.4. The molecule has 0 amide bonds. The van der Waals surface area contributed by atoms with Crippen LogP contribution in [0.3, 0.4) is 0 Å². The Balaban J connectivity index is 1.52. The molecule has 0 radical (unpaired) electrons. The van der Waals surface area contributed by atoms with Crippen LogP contribution in [-0.2, 0) is 6.42 Å². The first-order chi connectivity index (χ1) is 12.3. The highest BCUT2D eigenvalue weighted by Gasteiger charge is 2.26. The second kappa shape index (κ2) is 7.42. The Morgan fingerprint density at radius 2 is 2.00 bits per heavy atom. The lowest BCUT2D eigenvalue weighted by atomic mass is 9.92. The van der Waals surface area contributed by atoms with E-state index in [1.54, 1.807) is 11.3 Å². The largest absolute Gasteiger partial charge is 0.300 e. The predicted molar refractivity (Wildman–Crippen MR) is 101 cm³/mol. The molecule has 3 aromatic rings. The number of pyridine rings is 2. The molecule has 3 aromatic heterocycles. The van der Waals surface area contributed by atoms with Crippen LogP contribution in [0.15, 0.2) is 48.1 Å². The van der Waals surface area contributed by atoms with E-state index in [0.29, 0.717) is 6.04 Å². The molecular formula is C20H22N4S. The molecular weight excluding hydrogens is 328 g/mol. The van der Waals surface area contributed by atoms with Gasteiger partial charge in [-0.05, 0) is 49.9 Å². The quantitative estimate of drug-likeness (QED) is 0.758. The average molecular weight is 350 g/mol. The fraction of sp³-hybridized carbons (Fsp3) is 0.350. The van der Waals surface area contributed by atoms with E-state index >= 15 is 0 Å². The predicted octanol–water partition coefficient (Wildman–Crippen LogP) is 4.39. The smallest absolute Gasteiger partial charge is 0.0984 e. The molecule has 0 bridgehead atoms. The van der Waals surface area contributed by atoms with Crippen LogP contribution in [0.1, 0.15) is 59.0 Å². The Bertz CT molecular complexity index is 831. The van der Waals surface area contributed by atoms with Crippen molar-refractivity contribution >= 4 is 11.3 Å². The van der Waals surface area contributed by atoms with Crippen molar-refractivity contribution in [3.63, 3.8) is 0 Å². The van der Waals surface area contributed by atoms with Crippen molar-refractivity contribution in [3.8, 4) is 0 Å². The number of nitrogens with one attached hydrogen (secondary N) is 1. The summed E-state index contributed by atoms with van der Waals surface area (Å²) in [7, 11) is 0. The van der Waals surface area contributed by atoms with Gasteiger partial charge in [0.15, 0.2) is 0 Å². The third-order valence-electron chi connectivity index (χ3n) is 4.77. The monoisotopic (exact) mass is 350 g/mol. The third kappa shape index (κ3) is 3.78. The number of hydrogen-bond donors (Lipinski definition) is 1. The van der Waals surface area contributed by atoms with Gasteiger partial charge in [0.05, 0.1) is 22.4 Å². The average Bonchev–Trinajstić information content (AvgIpc) is 3.15. The van der Waals surface area contributed by atoms with Crippen LogP contribution in [0.2, 0.25) is 0 Å². The lowest BCUT2D eigenvalue weighted by Gasteiger charge is -2.31. The van der Waals surface area contributed by atoms with E-state index in [9.17, 15) is 0 Å². The first-order valence-electron chi connectivity index (χ1n) is 8.81. The maximum Gasteiger partial charge on any atom is 0.0984 e. The number of rotatable bonds is 4. The Morgan fingerprint density at radius 3 is 2.84 bits per heavy atom. The van der Waals surface area contributed by atoms with Gasteiger partial charge in [-0.1, -0.05) is 12.1 Å². The Morgan fingerprint density at radius 1 is 1.08 bits per heavy atom. The summed E-state index contributed by atoms with van der Waals surface area (Å²) in [5, 5.41) is 6.90.